The van der Waals surface area contributed by atoms with E-state index < -0.39 is 23.3 Å². The van der Waals surface area contributed by atoms with Crippen LogP contribution in [0.1, 0.15) is 15.9 Å². The molecular formula is C8H5BrF3NO2. The van der Waals surface area contributed by atoms with Crippen LogP contribution in [0, 0.1) is 0 Å². The normalized spacial score (nSPS) is 11.3. The summed E-state index contributed by atoms with van der Waals surface area (Å²) in [6.45, 7) is 0. The smallest absolute Gasteiger partial charge is 0.418 e. The number of hydrogen-bond acceptors (Lipinski definition) is 3. The van der Waals surface area contributed by atoms with Crippen molar-refractivity contribution in [3.63, 3.8) is 0 Å². The summed E-state index contributed by atoms with van der Waals surface area (Å²) >= 11 is 2.82. The summed E-state index contributed by atoms with van der Waals surface area (Å²) in [5, 5.41) is 0. The van der Waals surface area contributed by atoms with Gasteiger partial charge in [-0.1, -0.05) is 0 Å². The fraction of sp³-hybridized carbons (Fsp3) is 0.250. The quantitative estimate of drug-likeness (QED) is 0.744. The molecule has 0 aliphatic carbocycles. The highest BCUT2D eigenvalue weighted by atomic mass is 79.9. The van der Waals surface area contributed by atoms with Gasteiger partial charge < -0.3 is 4.74 Å². The zero-order valence-electron chi connectivity index (χ0n) is 7.43. The number of ether oxygens (including phenoxy) is 1. The van der Waals surface area contributed by atoms with Crippen LogP contribution in [-0.4, -0.2) is 18.1 Å². The van der Waals surface area contributed by atoms with E-state index in [1.165, 1.54) is 0 Å². The van der Waals surface area contributed by atoms with E-state index >= 15 is 0 Å². The first-order valence-corrected chi connectivity index (χ1v) is 4.46. The van der Waals surface area contributed by atoms with Gasteiger partial charge in [-0.15, -0.1) is 0 Å². The second-order valence-electron chi connectivity index (χ2n) is 2.53. The maximum atomic E-state index is 12.5. The Morgan fingerprint density at radius 3 is 2.53 bits per heavy atom. The number of esters is 1. The van der Waals surface area contributed by atoms with Crippen molar-refractivity contribution in [2.24, 2.45) is 0 Å². The van der Waals surface area contributed by atoms with Gasteiger partial charge in [0.25, 0.3) is 0 Å². The van der Waals surface area contributed by atoms with Crippen LogP contribution in [0.15, 0.2) is 16.9 Å². The molecule has 1 heterocycles. The van der Waals surface area contributed by atoms with E-state index in [2.05, 4.69) is 25.7 Å². The number of rotatable bonds is 1. The molecule has 15 heavy (non-hydrogen) atoms. The van der Waals surface area contributed by atoms with Crippen molar-refractivity contribution in [1.82, 2.24) is 4.98 Å². The largest absolute Gasteiger partial charge is 0.465 e. The van der Waals surface area contributed by atoms with Crippen molar-refractivity contribution < 1.29 is 22.7 Å². The molecule has 0 amide bonds. The fourth-order valence-electron chi connectivity index (χ4n) is 0.959. The Kier molecular flexibility index (Phi) is 3.33. The van der Waals surface area contributed by atoms with Gasteiger partial charge in [-0.3, -0.25) is 4.98 Å². The molecule has 3 nitrogen and oxygen atoms in total. The minimum absolute atomic E-state index is 0.0517. The summed E-state index contributed by atoms with van der Waals surface area (Å²) < 4.78 is 41.6. The van der Waals surface area contributed by atoms with Crippen LogP contribution in [0.25, 0.3) is 0 Å². The summed E-state index contributed by atoms with van der Waals surface area (Å²) in [5.41, 5.74) is -1.69. The Labute approximate surface area is 91.4 Å². The molecule has 82 valence electrons. The minimum atomic E-state index is -4.64. The van der Waals surface area contributed by atoms with Crippen molar-refractivity contribution in [2.45, 2.75) is 6.18 Å². The highest BCUT2D eigenvalue weighted by Crippen LogP contribution is 2.34. The summed E-state index contributed by atoms with van der Waals surface area (Å²) in [6, 6.07) is 0. The molecule has 0 fully saturated rings. The number of halogens is 4. The zero-order chi connectivity index (χ0) is 11.6. The van der Waals surface area contributed by atoms with Gasteiger partial charge in [0.1, 0.15) is 0 Å². The number of methoxy groups -OCH3 is 1. The first-order chi connectivity index (χ1) is 6.88. The SMILES string of the molecule is COC(=O)c1c(Br)cncc1C(F)(F)F. The molecule has 0 spiro atoms. The molecule has 0 unspecified atom stereocenters. The molecule has 0 aromatic carbocycles. The van der Waals surface area contributed by atoms with Crippen LogP contribution in [-0.2, 0) is 10.9 Å². The molecular weight excluding hydrogens is 279 g/mol. The van der Waals surface area contributed by atoms with Gasteiger partial charge in [0.2, 0.25) is 0 Å². The van der Waals surface area contributed by atoms with Crippen molar-refractivity contribution in [1.29, 1.82) is 0 Å². The molecule has 0 aliphatic heterocycles. The van der Waals surface area contributed by atoms with Crippen molar-refractivity contribution >= 4 is 21.9 Å². The van der Waals surface area contributed by atoms with Crippen LogP contribution in [0.5, 0.6) is 0 Å². The molecule has 0 bridgehead atoms. The maximum absolute atomic E-state index is 12.5. The van der Waals surface area contributed by atoms with Gasteiger partial charge in [-0.2, -0.15) is 13.2 Å². The molecule has 0 atom stereocenters. The topological polar surface area (TPSA) is 39.2 Å². The third-order valence-electron chi connectivity index (χ3n) is 1.59. The van der Waals surface area contributed by atoms with E-state index in [9.17, 15) is 18.0 Å². The Morgan fingerprint density at radius 1 is 1.47 bits per heavy atom. The average Bonchev–Trinajstić information content (AvgIpc) is 2.15. The van der Waals surface area contributed by atoms with Crippen LogP contribution >= 0.6 is 15.9 Å². The third-order valence-corrected chi connectivity index (χ3v) is 2.20. The lowest BCUT2D eigenvalue weighted by Crippen LogP contribution is -2.15. The molecule has 7 heteroatoms. The Hall–Kier alpha value is -1.11. The Balaban J connectivity index is 3.40. The summed E-state index contributed by atoms with van der Waals surface area (Å²) in [6.07, 6.45) is -2.96. The molecule has 1 aromatic rings. The van der Waals surface area contributed by atoms with Gasteiger partial charge in [0, 0.05) is 12.4 Å². The van der Waals surface area contributed by atoms with Gasteiger partial charge in [0.05, 0.1) is 22.7 Å². The molecule has 1 rings (SSSR count). The van der Waals surface area contributed by atoms with Gasteiger partial charge >= 0.3 is 12.1 Å². The second-order valence-corrected chi connectivity index (χ2v) is 3.39. The van der Waals surface area contributed by atoms with E-state index in [4.69, 9.17) is 0 Å². The maximum Gasteiger partial charge on any atom is 0.418 e. The molecule has 0 N–H and O–H groups in total. The molecule has 0 saturated heterocycles. The van der Waals surface area contributed by atoms with Crippen LogP contribution in [0.2, 0.25) is 0 Å². The predicted octanol–water partition coefficient (Wildman–Crippen LogP) is 2.65. The lowest BCUT2D eigenvalue weighted by atomic mass is 10.1. The third kappa shape index (κ3) is 2.47. The van der Waals surface area contributed by atoms with E-state index in [-0.39, 0.29) is 4.47 Å². The molecule has 0 saturated carbocycles. The van der Waals surface area contributed by atoms with E-state index in [1.807, 2.05) is 0 Å². The van der Waals surface area contributed by atoms with Gasteiger partial charge in [-0.25, -0.2) is 4.79 Å². The first kappa shape index (κ1) is 12.0. The van der Waals surface area contributed by atoms with Crippen LogP contribution in [0.4, 0.5) is 13.2 Å². The number of carbonyl (C=O) groups is 1. The first-order valence-electron chi connectivity index (χ1n) is 3.67. The number of hydrogen-bond donors (Lipinski definition) is 0. The molecule has 0 radical (unpaired) electrons. The van der Waals surface area contributed by atoms with Gasteiger partial charge in [0.15, 0.2) is 0 Å². The number of pyridine rings is 1. The van der Waals surface area contributed by atoms with Crippen molar-refractivity contribution in [3.05, 3.63) is 28.0 Å². The number of alkyl halides is 3. The summed E-state index contributed by atoms with van der Waals surface area (Å²) in [5.74, 6) is -1.06. The lowest BCUT2D eigenvalue weighted by Gasteiger charge is -2.11. The molecule has 1 aromatic heterocycles. The Bertz CT molecular complexity index is 392. The number of aromatic nitrogens is 1. The fourth-order valence-corrected chi connectivity index (χ4v) is 1.45. The Morgan fingerprint density at radius 2 is 2.07 bits per heavy atom. The van der Waals surface area contributed by atoms with Crippen LogP contribution in [0.3, 0.4) is 0 Å². The van der Waals surface area contributed by atoms with Crippen molar-refractivity contribution in [3.8, 4) is 0 Å². The summed E-state index contributed by atoms with van der Waals surface area (Å²) in [4.78, 5) is 14.5. The summed E-state index contributed by atoms with van der Waals surface area (Å²) in [7, 11) is 1.01. The van der Waals surface area contributed by atoms with E-state index in [0.29, 0.717) is 6.20 Å². The average molecular weight is 284 g/mol. The lowest BCUT2D eigenvalue weighted by molar-refractivity contribution is -0.138. The predicted molar refractivity (Wildman–Crippen MR) is 48.3 cm³/mol. The van der Waals surface area contributed by atoms with Gasteiger partial charge in [-0.05, 0) is 15.9 Å². The second kappa shape index (κ2) is 4.18. The van der Waals surface area contributed by atoms with Crippen molar-refractivity contribution in [2.75, 3.05) is 7.11 Å². The van der Waals surface area contributed by atoms with Crippen LogP contribution < -0.4 is 0 Å². The number of nitrogens with zero attached hydrogens (tertiary/aromatic N) is 1. The monoisotopic (exact) mass is 283 g/mol. The minimum Gasteiger partial charge on any atom is -0.465 e. The highest BCUT2D eigenvalue weighted by molar-refractivity contribution is 9.10. The van der Waals surface area contributed by atoms with E-state index in [1.54, 1.807) is 0 Å². The van der Waals surface area contributed by atoms with E-state index in [0.717, 1.165) is 13.3 Å². The standard InChI is InChI=1S/C8H5BrF3NO2/c1-15-7(14)6-4(8(10,11)12)2-13-3-5(6)9/h2-3H,1H3. The highest BCUT2D eigenvalue weighted by Gasteiger charge is 2.37. The number of carbonyl (C=O) groups excluding carboxylic acids is 1. The molecule has 0 aliphatic rings. The zero-order valence-corrected chi connectivity index (χ0v) is 9.02.